The summed E-state index contributed by atoms with van der Waals surface area (Å²) in [5, 5.41) is 0. The van der Waals surface area contributed by atoms with Gasteiger partial charge in [-0.1, -0.05) is 0 Å². The molecule has 1 saturated heterocycles. The zero-order chi connectivity index (χ0) is 12.8. The van der Waals surface area contributed by atoms with Crippen LogP contribution in [-0.4, -0.2) is 35.9 Å². The molecule has 17 heavy (non-hydrogen) atoms. The molecule has 0 aromatic rings. The molecule has 0 spiro atoms. The van der Waals surface area contributed by atoms with Crippen LogP contribution in [0.3, 0.4) is 0 Å². The van der Waals surface area contributed by atoms with E-state index in [-0.39, 0.29) is 18.2 Å². The van der Waals surface area contributed by atoms with Crippen molar-refractivity contribution in [3.05, 3.63) is 0 Å². The summed E-state index contributed by atoms with van der Waals surface area (Å²) in [5.74, 6) is -1.87. The van der Waals surface area contributed by atoms with Crippen molar-refractivity contribution in [1.29, 1.82) is 0 Å². The Morgan fingerprint density at radius 2 is 2.12 bits per heavy atom. The van der Waals surface area contributed by atoms with Crippen LogP contribution in [0, 0.1) is 5.92 Å². The van der Waals surface area contributed by atoms with Gasteiger partial charge in [-0.2, -0.15) is 0 Å². The van der Waals surface area contributed by atoms with Crippen molar-refractivity contribution < 1.29 is 23.8 Å². The quantitative estimate of drug-likeness (QED) is 0.677. The van der Waals surface area contributed by atoms with Gasteiger partial charge in [-0.05, 0) is 27.7 Å². The maximum absolute atomic E-state index is 11.9. The summed E-state index contributed by atoms with van der Waals surface area (Å²) in [6, 6.07) is 0. The van der Waals surface area contributed by atoms with E-state index >= 15 is 0 Å². The van der Waals surface area contributed by atoms with Crippen molar-refractivity contribution in [1.82, 2.24) is 0 Å². The van der Waals surface area contributed by atoms with Crippen LogP contribution in [0.2, 0.25) is 0 Å². The third-order valence-electron chi connectivity index (χ3n) is 3.35. The summed E-state index contributed by atoms with van der Waals surface area (Å²) in [7, 11) is 0. The Morgan fingerprint density at radius 1 is 1.47 bits per heavy atom. The predicted molar refractivity (Wildman–Crippen MR) is 58.2 cm³/mol. The SMILES string of the molecule is CCOC(=O)[C@H]1CC(=O)[C@@H]2OC(C)(C)O[C@]12C. The molecule has 1 aliphatic heterocycles. The molecule has 0 N–H and O–H groups in total. The van der Waals surface area contributed by atoms with Crippen LogP contribution < -0.4 is 0 Å². The third kappa shape index (κ3) is 1.87. The van der Waals surface area contributed by atoms with Crippen molar-refractivity contribution >= 4 is 11.8 Å². The zero-order valence-corrected chi connectivity index (χ0v) is 10.6. The molecule has 5 nitrogen and oxygen atoms in total. The van der Waals surface area contributed by atoms with E-state index in [1.165, 1.54) is 0 Å². The third-order valence-corrected chi connectivity index (χ3v) is 3.35. The summed E-state index contributed by atoms with van der Waals surface area (Å²) in [5.41, 5.74) is -0.896. The molecule has 0 aromatic carbocycles. The molecule has 5 heteroatoms. The minimum atomic E-state index is -0.896. The Kier molecular flexibility index (Phi) is 2.78. The van der Waals surface area contributed by atoms with Gasteiger partial charge in [-0.15, -0.1) is 0 Å². The second-order valence-electron chi connectivity index (χ2n) is 5.16. The van der Waals surface area contributed by atoms with E-state index in [9.17, 15) is 9.59 Å². The van der Waals surface area contributed by atoms with Crippen LogP contribution in [0.4, 0.5) is 0 Å². The van der Waals surface area contributed by atoms with E-state index in [0.717, 1.165) is 0 Å². The molecule has 1 heterocycles. The van der Waals surface area contributed by atoms with Crippen LogP contribution in [-0.2, 0) is 23.8 Å². The van der Waals surface area contributed by atoms with Gasteiger partial charge in [0.05, 0.1) is 12.5 Å². The molecule has 2 fully saturated rings. The number of esters is 1. The number of carbonyl (C=O) groups excluding carboxylic acids is 2. The standard InChI is InChI=1S/C12H18O5/c1-5-15-10(14)7-6-8(13)9-12(7,4)17-11(2,3)16-9/h7,9H,5-6H2,1-4H3/t7-,9+,12-/m1/s1. The molecule has 2 aliphatic rings. The Bertz CT molecular complexity index is 362. The first kappa shape index (κ1) is 12.5. The van der Waals surface area contributed by atoms with Gasteiger partial charge in [0.15, 0.2) is 11.6 Å². The van der Waals surface area contributed by atoms with Gasteiger partial charge >= 0.3 is 5.97 Å². The fourth-order valence-electron chi connectivity index (χ4n) is 2.72. The topological polar surface area (TPSA) is 61.8 Å². The van der Waals surface area contributed by atoms with Gasteiger partial charge in [-0.3, -0.25) is 9.59 Å². The minimum Gasteiger partial charge on any atom is -0.466 e. The van der Waals surface area contributed by atoms with E-state index in [1.54, 1.807) is 27.7 Å². The van der Waals surface area contributed by atoms with Gasteiger partial charge in [0.1, 0.15) is 11.7 Å². The molecule has 0 amide bonds. The molecule has 2 rings (SSSR count). The molecular formula is C12H18O5. The van der Waals surface area contributed by atoms with Gasteiger partial charge in [0.2, 0.25) is 0 Å². The smallest absolute Gasteiger partial charge is 0.312 e. The molecular weight excluding hydrogens is 224 g/mol. The van der Waals surface area contributed by atoms with Crippen molar-refractivity contribution in [3.63, 3.8) is 0 Å². The summed E-state index contributed by atoms with van der Waals surface area (Å²) in [6.07, 6.45) is -0.525. The molecule has 0 aromatic heterocycles. The lowest BCUT2D eigenvalue weighted by Crippen LogP contribution is -2.43. The van der Waals surface area contributed by atoms with E-state index in [1.807, 2.05) is 0 Å². The number of ether oxygens (including phenoxy) is 3. The van der Waals surface area contributed by atoms with Crippen molar-refractivity contribution in [3.8, 4) is 0 Å². The van der Waals surface area contributed by atoms with Gasteiger partial charge < -0.3 is 14.2 Å². The number of fused-ring (bicyclic) bond motifs is 1. The summed E-state index contributed by atoms with van der Waals surface area (Å²) < 4.78 is 16.3. The van der Waals surface area contributed by atoms with Crippen LogP contribution in [0.1, 0.15) is 34.1 Å². The van der Waals surface area contributed by atoms with Crippen molar-refractivity contribution in [2.24, 2.45) is 5.92 Å². The van der Waals surface area contributed by atoms with Gasteiger partial charge in [-0.25, -0.2) is 0 Å². The normalized spacial score (nSPS) is 39.2. The van der Waals surface area contributed by atoms with E-state index in [2.05, 4.69) is 0 Å². The Labute approximate surface area is 100 Å². The molecule has 0 unspecified atom stereocenters. The maximum Gasteiger partial charge on any atom is 0.312 e. The fourth-order valence-corrected chi connectivity index (χ4v) is 2.72. The van der Waals surface area contributed by atoms with E-state index < -0.39 is 23.4 Å². The first-order valence-electron chi connectivity index (χ1n) is 5.87. The number of hydrogen-bond donors (Lipinski definition) is 0. The maximum atomic E-state index is 11.9. The van der Waals surface area contributed by atoms with Crippen LogP contribution >= 0.6 is 0 Å². The highest BCUT2D eigenvalue weighted by atomic mass is 16.8. The monoisotopic (exact) mass is 242 g/mol. The predicted octanol–water partition coefficient (Wildman–Crippen LogP) is 1.05. The highest BCUT2D eigenvalue weighted by Crippen LogP contribution is 2.48. The number of carbonyl (C=O) groups is 2. The van der Waals surface area contributed by atoms with Gasteiger partial charge in [0, 0.05) is 6.42 Å². The number of rotatable bonds is 2. The molecule has 1 saturated carbocycles. The highest BCUT2D eigenvalue weighted by molar-refractivity contribution is 5.94. The van der Waals surface area contributed by atoms with Gasteiger partial charge in [0.25, 0.3) is 0 Å². The second kappa shape index (κ2) is 3.78. The molecule has 3 atom stereocenters. The zero-order valence-electron chi connectivity index (χ0n) is 10.6. The molecule has 0 radical (unpaired) electrons. The lowest BCUT2D eigenvalue weighted by molar-refractivity contribution is -0.185. The molecule has 0 bridgehead atoms. The Hall–Kier alpha value is -0.940. The van der Waals surface area contributed by atoms with Crippen molar-refractivity contribution in [2.75, 3.05) is 6.61 Å². The van der Waals surface area contributed by atoms with Crippen LogP contribution in [0.5, 0.6) is 0 Å². The lowest BCUT2D eigenvalue weighted by atomic mass is 9.91. The summed E-state index contributed by atoms with van der Waals surface area (Å²) in [4.78, 5) is 23.7. The minimum absolute atomic E-state index is 0.0869. The number of hydrogen-bond acceptors (Lipinski definition) is 5. The number of Topliss-reactive ketones (excluding diaryl/α,β-unsaturated/α-hetero) is 1. The fraction of sp³-hybridized carbons (Fsp3) is 0.833. The van der Waals surface area contributed by atoms with Crippen LogP contribution in [0.15, 0.2) is 0 Å². The Morgan fingerprint density at radius 3 is 2.71 bits per heavy atom. The van der Waals surface area contributed by atoms with Crippen LogP contribution in [0.25, 0.3) is 0 Å². The summed E-state index contributed by atoms with van der Waals surface area (Å²) >= 11 is 0. The highest BCUT2D eigenvalue weighted by Gasteiger charge is 2.64. The average Bonchev–Trinajstić information content (AvgIpc) is 2.56. The first-order valence-corrected chi connectivity index (χ1v) is 5.87. The molecule has 96 valence electrons. The van der Waals surface area contributed by atoms with Crippen molar-refractivity contribution in [2.45, 2.75) is 51.6 Å². The van der Waals surface area contributed by atoms with E-state index in [4.69, 9.17) is 14.2 Å². The average molecular weight is 242 g/mol. The van der Waals surface area contributed by atoms with E-state index in [0.29, 0.717) is 6.61 Å². The summed E-state index contributed by atoms with van der Waals surface area (Å²) in [6.45, 7) is 7.27. The first-order chi connectivity index (χ1) is 7.80. The lowest BCUT2D eigenvalue weighted by Gasteiger charge is -2.28. The largest absolute Gasteiger partial charge is 0.466 e. The molecule has 1 aliphatic carbocycles. The number of ketones is 1. The Balaban J connectivity index is 2.26. The second-order valence-corrected chi connectivity index (χ2v) is 5.16.